The number of esters is 1. The lowest BCUT2D eigenvalue weighted by Crippen LogP contribution is -2.48. The molecule has 5 heteroatoms. The Bertz CT molecular complexity index is 533. The molecule has 0 radical (unpaired) electrons. The van der Waals surface area contributed by atoms with Crippen LogP contribution in [0.2, 0.25) is 18.1 Å². The van der Waals surface area contributed by atoms with Crippen LogP contribution in [0.1, 0.15) is 50.7 Å². The van der Waals surface area contributed by atoms with E-state index in [4.69, 9.17) is 9.16 Å². The molecule has 1 aromatic heterocycles. The third-order valence-electron chi connectivity index (χ3n) is 4.23. The lowest BCUT2D eigenvalue weighted by molar-refractivity contribution is 0.0594. The van der Waals surface area contributed by atoms with Crippen LogP contribution in [0.4, 0.5) is 0 Å². The van der Waals surface area contributed by atoms with Crippen LogP contribution in [0.25, 0.3) is 0 Å². The highest BCUT2D eigenvalue weighted by atomic mass is 28.4. The molecule has 0 spiro atoms. The van der Waals surface area contributed by atoms with E-state index >= 15 is 0 Å². The third-order valence-corrected chi connectivity index (χ3v) is 8.90. The number of hydrogen-bond acceptors (Lipinski definition) is 4. The van der Waals surface area contributed by atoms with Crippen molar-refractivity contribution >= 4 is 14.3 Å². The third kappa shape index (κ3) is 4.65. The van der Waals surface area contributed by atoms with Gasteiger partial charge in [0.05, 0.1) is 24.0 Å². The topological polar surface area (TPSA) is 48.4 Å². The molecule has 0 fully saturated rings. The molecule has 0 aromatic carbocycles. The largest absolute Gasteiger partial charge is 0.465 e. The molecule has 0 atom stereocenters. The first-order valence-corrected chi connectivity index (χ1v) is 10.5. The summed E-state index contributed by atoms with van der Waals surface area (Å²) in [5, 5.41) is 0.138. The SMILES string of the molecule is COC(=O)c1cccnc1CC(C)(C)O[Si](C)(C)C(C)(C)C. The van der Waals surface area contributed by atoms with Gasteiger partial charge in [0.25, 0.3) is 0 Å². The predicted molar refractivity (Wildman–Crippen MR) is 91.6 cm³/mol. The van der Waals surface area contributed by atoms with Crippen molar-refractivity contribution in [2.45, 2.75) is 64.8 Å². The summed E-state index contributed by atoms with van der Waals surface area (Å²) in [6.45, 7) is 15.2. The first-order valence-electron chi connectivity index (χ1n) is 7.62. The van der Waals surface area contributed by atoms with Crippen LogP contribution >= 0.6 is 0 Å². The van der Waals surface area contributed by atoms with E-state index in [-0.39, 0.29) is 16.6 Å². The fourth-order valence-electron chi connectivity index (χ4n) is 2.16. The monoisotopic (exact) mass is 323 g/mol. The van der Waals surface area contributed by atoms with Gasteiger partial charge in [-0.05, 0) is 44.1 Å². The number of ether oxygens (including phenoxy) is 1. The summed E-state index contributed by atoms with van der Waals surface area (Å²) in [5.74, 6) is -0.355. The highest BCUT2D eigenvalue weighted by molar-refractivity contribution is 6.74. The highest BCUT2D eigenvalue weighted by Crippen LogP contribution is 2.39. The first kappa shape index (κ1) is 18.8. The van der Waals surface area contributed by atoms with E-state index in [1.54, 1.807) is 18.3 Å². The maximum absolute atomic E-state index is 11.9. The van der Waals surface area contributed by atoms with Gasteiger partial charge < -0.3 is 9.16 Å². The molecule has 0 saturated carbocycles. The Balaban J connectivity index is 3.01. The normalized spacial score (nSPS) is 13.1. The van der Waals surface area contributed by atoms with Gasteiger partial charge in [0.15, 0.2) is 8.32 Å². The predicted octanol–water partition coefficient (Wildman–Crippen LogP) is 4.21. The van der Waals surface area contributed by atoms with E-state index < -0.39 is 8.32 Å². The van der Waals surface area contributed by atoms with Crippen LogP contribution in [-0.2, 0) is 15.6 Å². The van der Waals surface area contributed by atoms with Gasteiger partial charge in [-0.25, -0.2) is 4.79 Å². The molecule has 0 bridgehead atoms. The molecule has 0 N–H and O–H groups in total. The van der Waals surface area contributed by atoms with E-state index in [0.29, 0.717) is 12.0 Å². The van der Waals surface area contributed by atoms with Crippen molar-refractivity contribution < 1.29 is 14.0 Å². The number of carbonyl (C=O) groups excluding carboxylic acids is 1. The zero-order chi connectivity index (χ0) is 17.2. The Morgan fingerprint density at radius 3 is 2.32 bits per heavy atom. The van der Waals surface area contributed by atoms with E-state index in [1.165, 1.54) is 7.11 Å². The molecule has 0 aliphatic rings. The van der Waals surface area contributed by atoms with Gasteiger partial charge in [-0.15, -0.1) is 0 Å². The van der Waals surface area contributed by atoms with Crippen LogP contribution in [0, 0.1) is 0 Å². The molecule has 1 rings (SSSR count). The minimum atomic E-state index is -1.89. The Morgan fingerprint density at radius 1 is 1.23 bits per heavy atom. The summed E-state index contributed by atoms with van der Waals surface area (Å²) >= 11 is 0. The minimum Gasteiger partial charge on any atom is -0.465 e. The Hall–Kier alpha value is -1.20. The second-order valence-corrected chi connectivity index (χ2v) is 12.5. The van der Waals surface area contributed by atoms with Gasteiger partial charge in [0, 0.05) is 12.6 Å². The van der Waals surface area contributed by atoms with Crippen LogP contribution in [0.5, 0.6) is 0 Å². The van der Waals surface area contributed by atoms with Gasteiger partial charge in [0.1, 0.15) is 0 Å². The summed E-state index contributed by atoms with van der Waals surface area (Å²) in [6, 6.07) is 3.49. The summed E-state index contributed by atoms with van der Waals surface area (Å²) in [4.78, 5) is 16.2. The molecule has 0 aliphatic heterocycles. The van der Waals surface area contributed by atoms with E-state index in [1.807, 2.05) is 0 Å². The van der Waals surface area contributed by atoms with Crippen molar-refractivity contribution in [1.82, 2.24) is 4.98 Å². The zero-order valence-corrected chi connectivity index (χ0v) is 16.1. The molecule has 1 heterocycles. The number of carbonyl (C=O) groups is 1. The first-order chi connectivity index (χ1) is 9.89. The zero-order valence-electron chi connectivity index (χ0n) is 15.1. The molecule has 4 nitrogen and oxygen atoms in total. The lowest BCUT2D eigenvalue weighted by Gasteiger charge is -2.42. The highest BCUT2D eigenvalue weighted by Gasteiger charge is 2.41. The standard InChI is InChI=1S/C17H29NO3Si/c1-16(2,3)22(7,8)21-17(4,5)12-14-13(15(19)20-6)10-9-11-18-14/h9-11H,12H2,1-8H3. The summed E-state index contributed by atoms with van der Waals surface area (Å²) in [7, 11) is -0.506. The van der Waals surface area contributed by atoms with Crippen molar-refractivity contribution in [3.63, 3.8) is 0 Å². The molecule has 0 amide bonds. The molecule has 0 unspecified atom stereocenters. The maximum atomic E-state index is 11.9. The van der Waals surface area contributed by atoms with Crippen molar-refractivity contribution in [3.8, 4) is 0 Å². The molecule has 0 saturated heterocycles. The van der Waals surface area contributed by atoms with Crippen molar-refractivity contribution in [3.05, 3.63) is 29.6 Å². The smallest absolute Gasteiger partial charge is 0.339 e. The van der Waals surface area contributed by atoms with Crippen molar-refractivity contribution in [1.29, 1.82) is 0 Å². The number of nitrogens with zero attached hydrogens (tertiary/aromatic N) is 1. The van der Waals surface area contributed by atoms with E-state index in [2.05, 4.69) is 52.7 Å². The van der Waals surface area contributed by atoms with Gasteiger partial charge in [-0.2, -0.15) is 0 Å². The fraction of sp³-hybridized carbons (Fsp3) is 0.647. The Kier molecular flexibility index (Phi) is 5.57. The molecule has 124 valence electrons. The molecule has 22 heavy (non-hydrogen) atoms. The van der Waals surface area contributed by atoms with E-state index in [0.717, 1.165) is 5.69 Å². The average Bonchev–Trinajstić information content (AvgIpc) is 2.35. The van der Waals surface area contributed by atoms with Crippen LogP contribution in [0.15, 0.2) is 18.3 Å². The lowest BCUT2D eigenvalue weighted by atomic mass is 9.99. The summed E-state index contributed by atoms with van der Waals surface area (Å²) in [6.07, 6.45) is 2.27. The van der Waals surface area contributed by atoms with E-state index in [9.17, 15) is 4.79 Å². The number of pyridine rings is 1. The number of rotatable bonds is 5. The second-order valence-electron chi connectivity index (χ2n) is 7.79. The van der Waals surface area contributed by atoms with Crippen LogP contribution in [0.3, 0.4) is 0 Å². The minimum absolute atomic E-state index is 0.138. The summed E-state index contributed by atoms with van der Waals surface area (Å²) in [5.41, 5.74) is 0.843. The van der Waals surface area contributed by atoms with Gasteiger partial charge in [-0.3, -0.25) is 4.98 Å². The average molecular weight is 324 g/mol. The number of hydrogen-bond donors (Lipinski definition) is 0. The number of methoxy groups -OCH3 is 1. The number of aromatic nitrogens is 1. The second kappa shape index (κ2) is 6.50. The van der Waals surface area contributed by atoms with Crippen molar-refractivity contribution in [2.24, 2.45) is 0 Å². The van der Waals surface area contributed by atoms with Crippen LogP contribution < -0.4 is 0 Å². The van der Waals surface area contributed by atoms with Crippen molar-refractivity contribution in [2.75, 3.05) is 7.11 Å². The fourth-order valence-corrected chi connectivity index (χ4v) is 3.92. The van der Waals surface area contributed by atoms with Crippen LogP contribution in [-0.4, -0.2) is 32.0 Å². The maximum Gasteiger partial charge on any atom is 0.339 e. The van der Waals surface area contributed by atoms with Gasteiger partial charge in [-0.1, -0.05) is 20.8 Å². The Labute approximate surface area is 135 Å². The molecular weight excluding hydrogens is 294 g/mol. The quantitative estimate of drug-likeness (QED) is 0.601. The molecular formula is C17H29NO3Si. The van der Waals surface area contributed by atoms with Gasteiger partial charge >= 0.3 is 5.97 Å². The molecule has 1 aromatic rings. The molecule has 0 aliphatic carbocycles. The summed E-state index contributed by atoms with van der Waals surface area (Å²) < 4.78 is 11.3. The van der Waals surface area contributed by atoms with Gasteiger partial charge in [0.2, 0.25) is 0 Å². The Morgan fingerprint density at radius 2 is 1.82 bits per heavy atom.